The van der Waals surface area contributed by atoms with Crippen molar-refractivity contribution in [3.05, 3.63) is 64.7 Å². The maximum absolute atomic E-state index is 12.5. The maximum atomic E-state index is 12.5. The molecular formula is C18H17N5O2. The second-order valence-corrected chi connectivity index (χ2v) is 6.07. The molecule has 4 rings (SSSR count). The van der Waals surface area contributed by atoms with E-state index in [1.165, 1.54) is 6.20 Å². The van der Waals surface area contributed by atoms with Crippen LogP contribution in [-0.4, -0.2) is 40.0 Å². The Morgan fingerprint density at radius 1 is 1.24 bits per heavy atom. The molecular weight excluding hydrogens is 318 g/mol. The lowest BCUT2D eigenvalue weighted by molar-refractivity contribution is 0.0940. The van der Waals surface area contributed by atoms with Gasteiger partial charge in [-0.1, -0.05) is 6.07 Å². The highest BCUT2D eigenvalue weighted by Gasteiger charge is 2.25. The summed E-state index contributed by atoms with van der Waals surface area (Å²) in [5.74, 6) is 0.771. The Hall–Kier alpha value is -3.22. The van der Waals surface area contributed by atoms with Crippen LogP contribution >= 0.6 is 0 Å². The van der Waals surface area contributed by atoms with Gasteiger partial charge in [-0.2, -0.15) is 0 Å². The molecule has 3 heterocycles. The summed E-state index contributed by atoms with van der Waals surface area (Å²) < 4.78 is 0. The zero-order valence-corrected chi connectivity index (χ0v) is 13.5. The lowest BCUT2D eigenvalue weighted by atomic mass is 10.1. The number of carbonyl (C=O) groups excluding carboxylic acids is 1. The fourth-order valence-electron chi connectivity index (χ4n) is 3.08. The minimum absolute atomic E-state index is 0.0677. The highest BCUT2D eigenvalue weighted by Crippen LogP contribution is 2.18. The summed E-state index contributed by atoms with van der Waals surface area (Å²) >= 11 is 0. The van der Waals surface area contributed by atoms with Crippen LogP contribution in [0.15, 0.2) is 53.6 Å². The summed E-state index contributed by atoms with van der Waals surface area (Å²) in [6.07, 6.45) is 3.87. The molecule has 7 nitrogen and oxygen atoms in total. The van der Waals surface area contributed by atoms with Gasteiger partial charge in [0, 0.05) is 30.9 Å². The van der Waals surface area contributed by atoms with Gasteiger partial charge in [-0.15, -0.1) is 0 Å². The number of H-pyrrole nitrogens is 1. The number of hydrogen-bond acceptors (Lipinski definition) is 5. The molecule has 3 aromatic rings. The third kappa shape index (κ3) is 3.21. The van der Waals surface area contributed by atoms with Crippen LogP contribution in [0.2, 0.25) is 0 Å². The minimum Gasteiger partial charge on any atom is -0.354 e. The first-order valence-electron chi connectivity index (χ1n) is 8.15. The standard InChI is InChI=1S/C18H17N5O2/c24-17-10-20-14-5-4-12(9-15(14)22-17)18(25)21-13-6-8-23(11-13)16-3-1-2-7-19-16/h1-5,7,9-10,13H,6,8,11H2,(H,21,25)(H,22,24). The van der Waals surface area contributed by atoms with E-state index < -0.39 is 0 Å². The van der Waals surface area contributed by atoms with Crippen molar-refractivity contribution in [2.75, 3.05) is 18.0 Å². The van der Waals surface area contributed by atoms with Gasteiger partial charge in [0.1, 0.15) is 5.82 Å². The summed E-state index contributed by atoms with van der Waals surface area (Å²) in [6, 6.07) is 11.0. The molecule has 1 aliphatic rings. The summed E-state index contributed by atoms with van der Waals surface area (Å²) in [5.41, 5.74) is 1.43. The third-order valence-corrected chi connectivity index (χ3v) is 4.33. The van der Waals surface area contributed by atoms with E-state index in [9.17, 15) is 9.59 Å². The molecule has 1 aliphatic heterocycles. The first-order chi connectivity index (χ1) is 12.2. The number of benzene rings is 1. The van der Waals surface area contributed by atoms with Crippen molar-refractivity contribution in [1.82, 2.24) is 20.3 Å². The third-order valence-electron chi connectivity index (χ3n) is 4.33. The van der Waals surface area contributed by atoms with Crippen LogP contribution in [0.4, 0.5) is 5.82 Å². The second-order valence-electron chi connectivity index (χ2n) is 6.07. The normalized spacial score (nSPS) is 17.0. The monoisotopic (exact) mass is 335 g/mol. The van der Waals surface area contributed by atoms with Gasteiger partial charge in [-0.25, -0.2) is 9.97 Å². The number of rotatable bonds is 3. The van der Waals surface area contributed by atoms with E-state index in [0.29, 0.717) is 16.6 Å². The van der Waals surface area contributed by atoms with Crippen molar-refractivity contribution in [1.29, 1.82) is 0 Å². The number of fused-ring (bicyclic) bond motifs is 1. The molecule has 1 aromatic carbocycles. The number of aromatic amines is 1. The molecule has 0 radical (unpaired) electrons. The Balaban J connectivity index is 1.46. The summed E-state index contributed by atoms with van der Waals surface area (Å²) in [5, 5.41) is 3.05. The Morgan fingerprint density at radius 2 is 2.16 bits per heavy atom. The molecule has 1 saturated heterocycles. The number of aromatic nitrogens is 3. The molecule has 1 unspecified atom stereocenters. The fraction of sp³-hybridized carbons (Fsp3) is 0.222. The van der Waals surface area contributed by atoms with Crippen LogP contribution < -0.4 is 15.8 Å². The molecule has 0 aliphatic carbocycles. The van der Waals surface area contributed by atoms with Crippen molar-refractivity contribution in [2.45, 2.75) is 12.5 Å². The molecule has 126 valence electrons. The Bertz CT molecular complexity index is 970. The highest BCUT2D eigenvalue weighted by atomic mass is 16.1. The maximum Gasteiger partial charge on any atom is 0.266 e. The SMILES string of the molecule is O=C(NC1CCN(c2ccccn2)C1)c1ccc2ncc(=O)[nH]c2c1. The fourth-order valence-corrected chi connectivity index (χ4v) is 3.08. The van der Waals surface area contributed by atoms with E-state index >= 15 is 0 Å². The van der Waals surface area contributed by atoms with Gasteiger partial charge in [0.05, 0.1) is 17.2 Å². The van der Waals surface area contributed by atoms with Crippen molar-refractivity contribution in [2.24, 2.45) is 0 Å². The molecule has 25 heavy (non-hydrogen) atoms. The van der Waals surface area contributed by atoms with Crippen molar-refractivity contribution >= 4 is 22.8 Å². The van der Waals surface area contributed by atoms with Crippen molar-refractivity contribution < 1.29 is 4.79 Å². The van der Waals surface area contributed by atoms with Crippen LogP contribution in [0.25, 0.3) is 11.0 Å². The average molecular weight is 335 g/mol. The van der Waals surface area contributed by atoms with Crippen molar-refractivity contribution in [3.8, 4) is 0 Å². The van der Waals surface area contributed by atoms with Gasteiger partial charge in [0.2, 0.25) is 0 Å². The number of pyridine rings is 1. The lowest BCUT2D eigenvalue weighted by Crippen LogP contribution is -2.37. The zero-order valence-electron chi connectivity index (χ0n) is 13.5. The predicted molar refractivity (Wildman–Crippen MR) is 94.7 cm³/mol. The quantitative estimate of drug-likeness (QED) is 0.753. The summed E-state index contributed by atoms with van der Waals surface area (Å²) in [4.78, 5) is 37.1. The Kier molecular flexibility index (Phi) is 3.89. The van der Waals surface area contributed by atoms with E-state index in [0.717, 1.165) is 25.3 Å². The Labute approximate surface area is 143 Å². The lowest BCUT2D eigenvalue weighted by Gasteiger charge is -2.17. The number of nitrogens with zero attached hydrogens (tertiary/aromatic N) is 3. The molecule has 1 atom stereocenters. The van der Waals surface area contributed by atoms with E-state index in [1.54, 1.807) is 24.4 Å². The molecule has 7 heteroatoms. The van der Waals surface area contributed by atoms with Crippen LogP contribution in [0.5, 0.6) is 0 Å². The average Bonchev–Trinajstić information content (AvgIpc) is 3.10. The summed E-state index contributed by atoms with van der Waals surface area (Å²) in [7, 11) is 0. The van der Waals surface area contributed by atoms with Crippen molar-refractivity contribution in [3.63, 3.8) is 0 Å². The largest absolute Gasteiger partial charge is 0.354 e. The van der Waals surface area contributed by atoms with Gasteiger partial charge in [0.25, 0.3) is 11.5 Å². The molecule has 0 saturated carbocycles. The van der Waals surface area contributed by atoms with Crippen LogP contribution in [0.3, 0.4) is 0 Å². The second kappa shape index (κ2) is 6.35. The van der Waals surface area contributed by atoms with Gasteiger partial charge < -0.3 is 15.2 Å². The molecule has 1 amide bonds. The predicted octanol–water partition coefficient (Wildman–Crippen LogP) is 1.33. The topological polar surface area (TPSA) is 91.0 Å². The van der Waals surface area contributed by atoms with Gasteiger partial charge in [-0.05, 0) is 36.8 Å². The van der Waals surface area contributed by atoms with E-state index in [-0.39, 0.29) is 17.5 Å². The van der Waals surface area contributed by atoms with Gasteiger partial charge in [-0.3, -0.25) is 9.59 Å². The minimum atomic E-state index is -0.285. The van der Waals surface area contributed by atoms with E-state index in [1.807, 2.05) is 18.2 Å². The molecule has 0 bridgehead atoms. The number of carbonyl (C=O) groups is 1. The molecule has 1 fully saturated rings. The molecule has 2 N–H and O–H groups in total. The van der Waals surface area contributed by atoms with E-state index in [2.05, 4.69) is 25.2 Å². The molecule has 2 aromatic heterocycles. The Morgan fingerprint density at radius 3 is 3.00 bits per heavy atom. The van der Waals surface area contributed by atoms with Crippen LogP contribution in [-0.2, 0) is 0 Å². The number of nitrogens with one attached hydrogen (secondary N) is 2. The number of hydrogen-bond donors (Lipinski definition) is 2. The first kappa shape index (κ1) is 15.3. The van der Waals surface area contributed by atoms with Gasteiger partial charge >= 0.3 is 0 Å². The highest BCUT2D eigenvalue weighted by molar-refractivity contribution is 5.97. The number of anilines is 1. The van der Waals surface area contributed by atoms with Crippen LogP contribution in [0.1, 0.15) is 16.8 Å². The zero-order chi connectivity index (χ0) is 17.2. The van der Waals surface area contributed by atoms with E-state index in [4.69, 9.17) is 0 Å². The first-order valence-corrected chi connectivity index (χ1v) is 8.15. The smallest absolute Gasteiger partial charge is 0.266 e. The number of amides is 1. The van der Waals surface area contributed by atoms with Crippen LogP contribution in [0, 0.1) is 0 Å². The molecule has 0 spiro atoms. The summed E-state index contributed by atoms with van der Waals surface area (Å²) in [6.45, 7) is 1.59. The van der Waals surface area contributed by atoms with Gasteiger partial charge in [0.15, 0.2) is 0 Å².